The van der Waals surface area contributed by atoms with E-state index < -0.39 is 0 Å². The molecule has 1 aliphatic rings. The molecular weight excluding hydrogens is 268 g/mol. The van der Waals surface area contributed by atoms with Gasteiger partial charge in [-0.1, -0.05) is 13.3 Å². The van der Waals surface area contributed by atoms with Crippen molar-refractivity contribution in [3.05, 3.63) is 27.7 Å². The highest BCUT2D eigenvalue weighted by Crippen LogP contribution is 2.24. The van der Waals surface area contributed by atoms with Crippen molar-refractivity contribution >= 4 is 0 Å². The quantitative estimate of drug-likeness (QED) is 0.866. The summed E-state index contributed by atoms with van der Waals surface area (Å²) in [6.07, 6.45) is 4.66. The summed E-state index contributed by atoms with van der Waals surface area (Å²) in [4.78, 5) is 14.2. The van der Waals surface area contributed by atoms with E-state index in [0.29, 0.717) is 24.8 Å². The summed E-state index contributed by atoms with van der Waals surface area (Å²) >= 11 is 0. The van der Waals surface area contributed by atoms with Crippen LogP contribution in [-0.4, -0.2) is 38.9 Å². The molecule has 0 aliphatic carbocycles. The lowest BCUT2D eigenvalue weighted by Crippen LogP contribution is -2.39. The summed E-state index contributed by atoms with van der Waals surface area (Å²) in [5.74, 6) is -0.172. The fourth-order valence-corrected chi connectivity index (χ4v) is 3.31. The van der Waals surface area contributed by atoms with Gasteiger partial charge in [-0.3, -0.25) is 9.69 Å². The minimum absolute atomic E-state index is 0.00659. The molecule has 2 rings (SSSR count). The first-order chi connectivity index (χ1) is 10.1. The summed E-state index contributed by atoms with van der Waals surface area (Å²) in [5, 5.41) is 19.4. The molecule has 0 amide bonds. The van der Waals surface area contributed by atoms with Gasteiger partial charge in [0.25, 0.3) is 0 Å². The van der Waals surface area contributed by atoms with Crippen LogP contribution in [0.15, 0.2) is 10.9 Å². The third-order valence-corrected chi connectivity index (χ3v) is 4.50. The number of rotatable bonds is 5. The van der Waals surface area contributed by atoms with E-state index in [9.17, 15) is 15.0 Å². The molecule has 1 unspecified atom stereocenters. The number of piperidine rings is 1. The average molecular weight is 294 g/mol. The van der Waals surface area contributed by atoms with Crippen LogP contribution in [0, 0.1) is 6.92 Å². The molecule has 0 spiro atoms. The van der Waals surface area contributed by atoms with E-state index in [1.54, 1.807) is 0 Å². The number of pyridine rings is 1. The van der Waals surface area contributed by atoms with Crippen LogP contribution in [0.1, 0.15) is 44.0 Å². The van der Waals surface area contributed by atoms with Crippen LogP contribution >= 0.6 is 0 Å². The first-order valence-electron chi connectivity index (χ1n) is 7.85. The van der Waals surface area contributed by atoms with E-state index in [2.05, 4.69) is 11.8 Å². The second-order valence-electron chi connectivity index (χ2n) is 5.85. The third kappa shape index (κ3) is 3.47. The third-order valence-electron chi connectivity index (χ3n) is 4.50. The summed E-state index contributed by atoms with van der Waals surface area (Å²) in [5.41, 5.74) is 1.09. The number of hydrogen-bond acceptors (Lipinski definition) is 4. The molecule has 1 fully saturated rings. The zero-order valence-electron chi connectivity index (χ0n) is 13.0. The number of aromatic nitrogens is 1. The van der Waals surface area contributed by atoms with Crippen LogP contribution in [0.3, 0.4) is 0 Å². The Kier molecular flexibility index (Phi) is 5.42. The van der Waals surface area contributed by atoms with E-state index in [0.717, 1.165) is 25.1 Å². The normalized spacial score (nSPS) is 19.9. The Hall–Kier alpha value is -1.33. The molecule has 1 atom stereocenters. The largest absolute Gasteiger partial charge is 0.503 e. The second kappa shape index (κ2) is 7.09. The standard InChI is InChI=1S/C16H26N2O3/c1-3-13-6-4-5-7-17(13)11-14-16(21)15(20)10-12(2)18(14)8-9-19/h10,13,19,21H,3-9,11H2,1-2H3. The van der Waals surface area contributed by atoms with Gasteiger partial charge in [0, 0.05) is 30.9 Å². The van der Waals surface area contributed by atoms with Gasteiger partial charge in [-0.15, -0.1) is 0 Å². The predicted molar refractivity (Wildman–Crippen MR) is 82.5 cm³/mol. The van der Waals surface area contributed by atoms with Gasteiger partial charge in [0.05, 0.1) is 12.3 Å². The molecule has 118 valence electrons. The predicted octanol–water partition coefficient (Wildman–Crippen LogP) is 1.62. The highest BCUT2D eigenvalue weighted by atomic mass is 16.3. The number of aryl methyl sites for hydroxylation is 1. The van der Waals surface area contributed by atoms with Gasteiger partial charge < -0.3 is 14.8 Å². The number of nitrogens with zero attached hydrogens (tertiary/aromatic N) is 2. The zero-order valence-corrected chi connectivity index (χ0v) is 13.0. The topological polar surface area (TPSA) is 65.7 Å². The summed E-state index contributed by atoms with van der Waals surface area (Å²) in [6.45, 7) is 5.99. The maximum absolute atomic E-state index is 11.9. The Bertz CT molecular complexity index is 539. The minimum atomic E-state index is -0.332. The van der Waals surface area contributed by atoms with E-state index in [1.165, 1.54) is 18.9 Å². The lowest BCUT2D eigenvalue weighted by molar-refractivity contribution is 0.130. The Balaban J connectivity index is 2.35. The monoisotopic (exact) mass is 294 g/mol. The highest BCUT2D eigenvalue weighted by Gasteiger charge is 2.24. The highest BCUT2D eigenvalue weighted by molar-refractivity contribution is 5.30. The van der Waals surface area contributed by atoms with Gasteiger partial charge in [0.2, 0.25) is 5.43 Å². The first-order valence-corrected chi connectivity index (χ1v) is 7.85. The minimum Gasteiger partial charge on any atom is -0.503 e. The molecule has 0 radical (unpaired) electrons. The van der Waals surface area contributed by atoms with Crippen LogP contribution in [0.25, 0.3) is 0 Å². The van der Waals surface area contributed by atoms with Gasteiger partial charge in [-0.25, -0.2) is 0 Å². The van der Waals surface area contributed by atoms with E-state index >= 15 is 0 Å². The zero-order chi connectivity index (χ0) is 15.4. The van der Waals surface area contributed by atoms with Gasteiger partial charge in [0.15, 0.2) is 5.75 Å². The van der Waals surface area contributed by atoms with Crippen molar-refractivity contribution in [3.63, 3.8) is 0 Å². The second-order valence-corrected chi connectivity index (χ2v) is 5.85. The van der Waals surface area contributed by atoms with Gasteiger partial charge in [0.1, 0.15) is 0 Å². The number of aromatic hydroxyl groups is 1. The van der Waals surface area contributed by atoms with Crippen molar-refractivity contribution in [2.24, 2.45) is 0 Å². The summed E-state index contributed by atoms with van der Waals surface area (Å²) in [6, 6.07) is 1.94. The number of aliphatic hydroxyl groups excluding tert-OH is 1. The molecule has 2 heterocycles. The van der Waals surface area contributed by atoms with Crippen LogP contribution in [0.2, 0.25) is 0 Å². The lowest BCUT2D eigenvalue weighted by atomic mass is 9.99. The van der Waals surface area contributed by atoms with Crippen LogP contribution in [0.5, 0.6) is 5.75 Å². The number of aliphatic hydroxyl groups is 1. The van der Waals surface area contributed by atoms with Crippen molar-refractivity contribution in [3.8, 4) is 5.75 Å². The van der Waals surface area contributed by atoms with Crippen molar-refractivity contribution in [1.82, 2.24) is 9.47 Å². The molecular formula is C16H26N2O3. The SMILES string of the molecule is CCC1CCCCN1Cc1c(O)c(=O)cc(C)n1CCO. The molecule has 1 aromatic heterocycles. The van der Waals surface area contributed by atoms with Crippen molar-refractivity contribution in [2.45, 2.75) is 58.7 Å². The fraction of sp³-hybridized carbons (Fsp3) is 0.688. The Labute approximate surface area is 125 Å². The first kappa shape index (κ1) is 16.0. The Morgan fingerprint density at radius 1 is 1.38 bits per heavy atom. The maximum atomic E-state index is 11.9. The fourth-order valence-electron chi connectivity index (χ4n) is 3.31. The van der Waals surface area contributed by atoms with Crippen LogP contribution in [-0.2, 0) is 13.1 Å². The molecule has 0 bridgehead atoms. The molecule has 1 saturated heterocycles. The molecule has 21 heavy (non-hydrogen) atoms. The molecule has 1 aromatic rings. The van der Waals surface area contributed by atoms with E-state index in [1.807, 2.05) is 11.5 Å². The van der Waals surface area contributed by atoms with E-state index in [4.69, 9.17) is 0 Å². The molecule has 0 aromatic carbocycles. The molecule has 0 saturated carbocycles. The Morgan fingerprint density at radius 2 is 2.14 bits per heavy atom. The molecule has 2 N–H and O–H groups in total. The number of likely N-dealkylation sites (tertiary alicyclic amines) is 1. The van der Waals surface area contributed by atoms with Gasteiger partial charge in [-0.2, -0.15) is 0 Å². The van der Waals surface area contributed by atoms with Crippen molar-refractivity contribution in [2.75, 3.05) is 13.2 Å². The lowest BCUT2D eigenvalue weighted by Gasteiger charge is -2.36. The molecule has 5 nitrogen and oxygen atoms in total. The van der Waals surface area contributed by atoms with Gasteiger partial charge >= 0.3 is 0 Å². The Morgan fingerprint density at radius 3 is 2.81 bits per heavy atom. The van der Waals surface area contributed by atoms with E-state index in [-0.39, 0.29) is 17.8 Å². The molecule has 1 aliphatic heterocycles. The van der Waals surface area contributed by atoms with Crippen molar-refractivity contribution < 1.29 is 10.2 Å². The van der Waals surface area contributed by atoms with Crippen LogP contribution < -0.4 is 5.43 Å². The smallest absolute Gasteiger partial charge is 0.223 e. The number of hydrogen-bond donors (Lipinski definition) is 2. The van der Waals surface area contributed by atoms with Crippen LogP contribution in [0.4, 0.5) is 0 Å². The van der Waals surface area contributed by atoms with Crippen molar-refractivity contribution in [1.29, 1.82) is 0 Å². The van der Waals surface area contributed by atoms with Gasteiger partial charge in [-0.05, 0) is 32.7 Å². The summed E-state index contributed by atoms with van der Waals surface area (Å²) in [7, 11) is 0. The maximum Gasteiger partial charge on any atom is 0.223 e. The molecule has 5 heteroatoms. The average Bonchev–Trinajstić information content (AvgIpc) is 2.48. The summed E-state index contributed by atoms with van der Waals surface area (Å²) < 4.78 is 1.86.